The molecule has 1 saturated carbocycles. The molecule has 0 spiro atoms. The van der Waals surface area contributed by atoms with Crippen LogP contribution in [0.2, 0.25) is 0 Å². The predicted molar refractivity (Wildman–Crippen MR) is 49.3 cm³/mol. The van der Waals surface area contributed by atoms with Gasteiger partial charge in [-0.25, -0.2) is 0 Å². The summed E-state index contributed by atoms with van der Waals surface area (Å²) in [5.41, 5.74) is -0.150. The first-order chi connectivity index (χ1) is 6.02. The minimum Gasteiger partial charge on any atom is -0.395 e. The molecule has 78 valence electrons. The monoisotopic (exact) mass is 189 g/mol. The first-order valence-electron chi connectivity index (χ1n) is 4.68. The van der Waals surface area contributed by atoms with E-state index in [1.807, 2.05) is 13.8 Å². The summed E-state index contributed by atoms with van der Waals surface area (Å²) in [6, 6.07) is -0.0800. The van der Waals surface area contributed by atoms with Crippen molar-refractivity contribution >= 4 is 0 Å². The summed E-state index contributed by atoms with van der Waals surface area (Å²) >= 11 is 0. The van der Waals surface area contributed by atoms with Crippen LogP contribution in [-0.4, -0.2) is 46.7 Å². The van der Waals surface area contributed by atoms with Gasteiger partial charge in [-0.3, -0.25) is 0 Å². The Kier molecular flexibility index (Phi) is 3.29. The van der Waals surface area contributed by atoms with Crippen molar-refractivity contribution in [3.63, 3.8) is 0 Å². The molecule has 1 fully saturated rings. The zero-order valence-electron chi connectivity index (χ0n) is 8.20. The van der Waals surface area contributed by atoms with E-state index in [0.29, 0.717) is 6.42 Å². The molecule has 4 nitrogen and oxygen atoms in total. The molecule has 2 atom stereocenters. The van der Waals surface area contributed by atoms with Crippen LogP contribution in [0.5, 0.6) is 0 Å². The number of aliphatic hydroxyl groups excluding tert-OH is 3. The lowest BCUT2D eigenvalue weighted by Gasteiger charge is -2.50. The SMILES string of the molecule is CC1(C)C(O)CC1NC(CO)CO. The van der Waals surface area contributed by atoms with Gasteiger partial charge >= 0.3 is 0 Å². The summed E-state index contributed by atoms with van der Waals surface area (Å²) in [5, 5.41) is 30.2. The van der Waals surface area contributed by atoms with E-state index < -0.39 is 0 Å². The van der Waals surface area contributed by atoms with Gasteiger partial charge in [0.15, 0.2) is 0 Å². The van der Waals surface area contributed by atoms with Crippen molar-refractivity contribution in [2.24, 2.45) is 5.41 Å². The van der Waals surface area contributed by atoms with Crippen LogP contribution >= 0.6 is 0 Å². The van der Waals surface area contributed by atoms with Crippen LogP contribution in [0, 0.1) is 5.41 Å². The van der Waals surface area contributed by atoms with E-state index in [1.165, 1.54) is 0 Å². The Bertz CT molecular complexity index is 168. The number of rotatable bonds is 4. The molecule has 4 N–H and O–H groups in total. The molecule has 0 saturated heterocycles. The average molecular weight is 189 g/mol. The highest BCUT2D eigenvalue weighted by Gasteiger charge is 2.47. The van der Waals surface area contributed by atoms with Gasteiger partial charge in [0, 0.05) is 11.5 Å². The molecule has 0 bridgehead atoms. The van der Waals surface area contributed by atoms with E-state index in [9.17, 15) is 5.11 Å². The van der Waals surface area contributed by atoms with Crippen molar-refractivity contribution in [1.82, 2.24) is 5.32 Å². The molecule has 2 unspecified atom stereocenters. The zero-order chi connectivity index (χ0) is 10.1. The maximum Gasteiger partial charge on any atom is 0.0621 e. The van der Waals surface area contributed by atoms with Gasteiger partial charge < -0.3 is 20.6 Å². The van der Waals surface area contributed by atoms with E-state index in [0.717, 1.165) is 0 Å². The second-order valence-electron chi connectivity index (χ2n) is 4.35. The molecule has 0 aromatic carbocycles. The number of nitrogens with one attached hydrogen (secondary N) is 1. The van der Waals surface area contributed by atoms with Crippen LogP contribution < -0.4 is 5.32 Å². The van der Waals surface area contributed by atoms with Crippen molar-refractivity contribution < 1.29 is 15.3 Å². The summed E-state index contributed by atoms with van der Waals surface area (Å²) < 4.78 is 0. The van der Waals surface area contributed by atoms with Crippen LogP contribution in [0.1, 0.15) is 20.3 Å². The number of hydrogen-bond acceptors (Lipinski definition) is 4. The summed E-state index contributed by atoms with van der Waals surface area (Å²) in [7, 11) is 0. The van der Waals surface area contributed by atoms with Crippen molar-refractivity contribution in [2.75, 3.05) is 13.2 Å². The number of hydrogen-bond donors (Lipinski definition) is 4. The molecular formula is C9H19NO3. The van der Waals surface area contributed by atoms with Crippen LogP contribution in [-0.2, 0) is 0 Å². The molecule has 0 radical (unpaired) electrons. The standard InChI is InChI=1S/C9H19NO3/c1-9(2)7(3-8(9)13)10-6(4-11)5-12/h6-8,10-13H,3-5H2,1-2H3. The van der Waals surface area contributed by atoms with E-state index in [1.54, 1.807) is 0 Å². The minimum atomic E-state index is -0.275. The molecule has 0 aliphatic heterocycles. The Morgan fingerprint density at radius 1 is 1.38 bits per heavy atom. The van der Waals surface area contributed by atoms with E-state index in [2.05, 4.69) is 5.32 Å². The molecule has 0 heterocycles. The maximum absolute atomic E-state index is 9.44. The predicted octanol–water partition coefficient (Wildman–Crippen LogP) is -0.911. The fourth-order valence-corrected chi connectivity index (χ4v) is 1.63. The highest BCUT2D eigenvalue weighted by molar-refractivity contribution is 5.02. The molecule has 1 rings (SSSR count). The van der Waals surface area contributed by atoms with Crippen molar-refractivity contribution in [3.05, 3.63) is 0 Å². The summed E-state index contributed by atoms with van der Waals surface area (Å²) in [6.07, 6.45) is 0.423. The van der Waals surface area contributed by atoms with Gasteiger partial charge in [-0.05, 0) is 6.42 Å². The molecule has 4 heteroatoms. The Morgan fingerprint density at radius 3 is 2.23 bits per heavy atom. The van der Waals surface area contributed by atoms with Crippen LogP contribution in [0.15, 0.2) is 0 Å². The quantitative estimate of drug-likeness (QED) is 0.462. The number of aliphatic hydroxyl groups is 3. The Balaban J connectivity index is 2.39. The van der Waals surface area contributed by atoms with Gasteiger partial charge in [-0.1, -0.05) is 13.8 Å². The van der Waals surface area contributed by atoms with Crippen LogP contribution in [0.4, 0.5) is 0 Å². The van der Waals surface area contributed by atoms with E-state index in [-0.39, 0.29) is 36.8 Å². The molecule has 0 amide bonds. The highest BCUT2D eigenvalue weighted by atomic mass is 16.3. The lowest BCUT2D eigenvalue weighted by molar-refractivity contribution is -0.0794. The van der Waals surface area contributed by atoms with E-state index in [4.69, 9.17) is 10.2 Å². The fourth-order valence-electron chi connectivity index (χ4n) is 1.63. The first-order valence-corrected chi connectivity index (χ1v) is 4.68. The second kappa shape index (κ2) is 3.92. The molecule has 1 aliphatic carbocycles. The molecule has 0 aromatic rings. The lowest BCUT2D eigenvalue weighted by atomic mass is 9.64. The average Bonchev–Trinajstić information content (AvgIpc) is 2.12. The zero-order valence-corrected chi connectivity index (χ0v) is 8.20. The topological polar surface area (TPSA) is 72.7 Å². The Labute approximate surface area is 78.6 Å². The normalized spacial score (nSPS) is 31.8. The van der Waals surface area contributed by atoms with Gasteiger partial charge in [0.2, 0.25) is 0 Å². The second-order valence-corrected chi connectivity index (χ2v) is 4.35. The van der Waals surface area contributed by atoms with Crippen molar-refractivity contribution in [2.45, 2.75) is 38.5 Å². The highest BCUT2D eigenvalue weighted by Crippen LogP contribution is 2.40. The van der Waals surface area contributed by atoms with Gasteiger partial charge in [0.25, 0.3) is 0 Å². The Hall–Kier alpha value is -0.160. The lowest BCUT2D eigenvalue weighted by Crippen LogP contribution is -2.62. The van der Waals surface area contributed by atoms with Gasteiger partial charge in [0.05, 0.1) is 25.4 Å². The van der Waals surface area contributed by atoms with Crippen molar-refractivity contribution in [1.29, 1.82) is 0 Å². The van der Waals surface area contributed by atoms with Crippen LogP contribution in [0.25, 0.3) is 0 Å². The molecule has 1 aliphatic rings. The fraction of sp³-hybridized carbons (Fsp3) is 1.00. The summed E-state index contributed by atoms with van der Waals surface area (Å²) in [4.78, 5) is 0. The van der Waals surface area contributed by atoms with Gasteiger partial charge in [-0.2, -0.15) is 0 Å². The van der Waals surface area contributed by atoms with Crippen LogP contribution in [0.3, 0.4) is 0 Å². The van der Waals surface area contributed by atoms with Crippen molar-refractivity contribution in [3.8, 4) is 0 Å². The first kappa shape index (κ1) is 10.9. The smallest absolute Gasteiger partial charge is 0.0621 e. The Morgan fingerprint density at radius 2 is 1.92 bits per heavy atom. The molecule has 0 aromatic heterocycles. The van der Waals surface area contributed by atoms with Gasteiger partial charge in [0.1, 0.15) is 0 Å². The third-order valence-corrected chi connectivity index (χ3v) is 3.09. The minimum absolute atomic E-state index is 0.0703. The largest absolute Gasteiger partial charge is 0.395 e. The summed E-state index contributed by atoms with van der Waals surface area (Å²) in [6.45, 7) is 3.81. The van der Waals surface area contributed by atoms with E-state index >= 15 is 0 Å². The third kappa shape index (κ3) is 2.02. The third-order valence-electron chi connectivity index (χ3n) is 3.09. The van der Waals surface area contributed by atoms with Gasteiger partial charge in [-0.15, -0.1) is 0 Å². The summed E-state index contributed by atoms with van der Waals surface area (Å²) in [5.74, 6) is 0. The molecular weight excluding hydrogens is 170 g/mol. The maximum atomic E-state index is 9.44. The molecule has 13 heavy (non-hydrogen) atoms.